The fraction of sp³-hybridized carbons (Fsp3) is 0.941. The number of hydrogen-bond acceptors (Lipinski definition) is 3. The molecule has 1 aliphatic heterocycles. The minimum Gasteiger partial charge on any atom is -0.374 e. The van der Waals surface area contributed by atoms with Gasteiger partial charge in [-0.05, 0) is 37.6 Å². The summed E-state index contributed by atoms with van der Waals surface area (Å²) in [7, 11) is 3.99. The van der Waals surface area contributed by atoms with E-state index in [0.29, 0.717) is 5.41 Å². The van der Waals surface area contributed by atoms with E-state index >= 15 is 0 Å². The van der Waals surface area contributed by atoms with Gasteiger partial charge in [-0.1, -0.05) is 20.3 Å². The second kappa shape index (κ2) is 10.0. The molecule has 0 spiro atoms. The van der Waals surface area contributed by atoms with Gasteiger partial charge in [-0.3, -0.25) is 4.99 Å². The summed E-state index contributed by atoms with van der Waals surface area (Å²) in [5.74, 6) is 1.68. The van der Waals surface area contributed by atoms with Crippen LogP contribution in [0.25, 0.3) is 0 Å². The Hall–Kier alpha value is -0.0800. The van der Waals surface area contributed by atoms with Gasteiger partial charge in [0.25, 0.3) is 0 Å². The van der Waals surface area contributed by atoms with Crippen molar-refractivity contribution in [2.24, 2.45) is 16.3 Å². The van der Waals surface area contributed by atoms with Crippen LogP contribution < -0.4 is 10.6 Å². The van der Waals surface area contributed by atoms with Crippen LogP contribution in [0.3, 0.4) is 0 Å². The van der Waals surface area contributed by atoms with Gasteiger partial charge in [0.2, 0.25) is 0 Å². The highest BCUT2D eigenvalue weighted by atomic mass is 127. The van der Waals surface area contributed by atoms with E-state index in [-0.39, 0.29) is 30.1 Å². The third-order valence-corrected chi connectivity index (χ3v) is 4.95. The molecule has 0 bridgehead atoms. The number of morpholine rings is 1. The van der Waals surface area contributed by atoms with Crippen molar-refractivity contribution >= 4 is 29.9 Å². The van der Waals surface area contributed by atoms with Gasteiger partial charge < -0.3 is 20.3 Å². The van der Waals surface area contributed by atoms with Crippen molar-refractivity contribution in [3.05, 3.63) is 0 Å². The van der Waals surface area contributed by atoms with Gasteiger partial charge in [0.05, 0.1) is 12.7 Å². The largest absolute Gasteiger partial charge is 0.374 e. The Labute approximate surface area is 159 Å². The quantitative estimate of drug-likeness (QED) is 0.380. The zero-order chi connectivity index (χ0) is 16.0. The normalized spacial score (nSPS) is 24.7. The van der Waals surface area contributed by atoms with Gasteiger partial charge in [0, 0.05) is 33.2 Å². The van der Waals surface area contributed by atoms with Crippen LogP contribution in [-0.2, 0) is 4.74 Å². The first kappa shape index (κ1) is 21.0. The predicted molar refractivity (Wildman–Crippen MR) is 108 cm³/mol. The van der Waals surface area contributed by atoms with Crippen LogP contribution in [0.2, 0.25) is 0 Å². The summed E-state index contributed by atoms with van der Waals surface area (Å²) in [5.41, 5.74) is 0.493. The van der Waals surface area contributed by atoms with E-state index in [1.807, 2.05) is 7.05 Å². The molecule has 2 aliphatic rings. The zero-order valence-corrected chi connectivity index (χ0v) is 17.6. The average molecular weight is 438 g/mol. The van der Waals surface area contributed by atoms with E-state index in [2.05, 4.69) is 41.4 Å². The SMILES string of the molecule is CN=C(NCC1CN(C)CCO1)NCC1(CC(C)C)CCC1.I. The van der Waals surface area contributed by atoms with Crippen molar-refractivity contribution in [1.29, 1.82) is 0 Å². The second-order valence-corrected chi connectivity index (χ2v) is 7.51. The van der Waals surface area contributed by atoms with E-state index in [9.17, 15) is 0 Å². The smallest absolute Gasteiger partial charge is 0.191 e. The van der Waals surface area contributed by atoms with E-state index < -0.39 is 0 Å². The molecule has 0 aromatic rings. The molecule has 1 aliphatic carbocycles. The van der Waals surface area contributed by atoms with Gasteiger partial charge in [-0.15, -0.1) is 24.0 Å². The molecule has 1 heterocycles. The Kier molecular flexibility index (Phi) is 9.15. The van der Waals surface area contributed by atoms with Crippen LogP contribution in [0, 0.1) is 11.3 Å². The lowest BCUT2D eigenvalue weighted by atomic mass is 9.64. The number of guanidine groups is 1. The molecule has 136 valence electrons. The molecule has 1 unspecified atom stereocenters. The monoisotopic (exact) mass is 438 g/mol. The molecule has 2 fully saturated rings. The molecular formula is C17H35IN4O. The number of likely N-dealkylation sites (N-methyl/N-ethyl adjacent to an activating group) is 1. The molecule has 1 saturated heterocycles. The van der Waals surface area contributed by atoms with Crippen LogP contribution in [-0.4, -0.2) is 63.8 Å². The summed E-state index contributed by atoms with van der Waals surface area (Å²) in [4.78, 5) is 6.67. The first-order chi connectivity index (χ1) is 10.5. The summed E-state index contributed by atoms with van der Waals surface area (Å²) < 4.78 is 5.79. The highest BCUT2D eigenvalue weighted by Gasteiger charge is 2.37. The van der Waals surface area contributed by atoms with Crippen LogP contribution in [0.5, 0.6) is 0 Å². The topological polar surface area (TPSA) is 48.9 Å². The molecular weight excluding hydrogens is 403 g/mol. The van der Waals surface area contributed by atoms with Crippen LogP contribution >= 0.6 is 24.0 Å². The number of hydrogen-bond donors (Lipinski definition) is 2. The predicted octanol–water partition coefficient (Wildman–Crippen LogP) is 2.32. The Morgan fingerprint density at radius 3 is 2.61 bits per heavy atom. The fourth-order valence-electron chi connectivity index (χ4n) is 3.69. The van der Waals surface area contributed by atoms with E-state index in [4.69, 9.17) is 4.74 Å². The maximum Gasteiger partial charge on any atom is 0.191 e. The number of nitrogens with zero attached hydrogens (tertiary/aromatic N) is 2. The Morgan fingerprint density at radius 2 is 2.09 bits per heavy atom. The third-order valence-electron chi connectivity index (χ3n) is 4.95. The minimum atomic E-state index is 0. The number of aliphatic imine (C=N–C) groups is 1. The number of nitrogens with one attached hydrogen (secondary N) is 2. The number of halogens is 1. The average Bonchev–Trinajstić information content (AvgIpc) is 2.44. The lowest BCUT2D eigenvalue weighted by molar-refractivity contribution is -0.0161. The molecule has 1 saturated carbocycles. The van der Waals surface area contributed by atoms with Crippen LogP contribution in [0.15, 0.2) is 4.99 Å². The highest BCUT2D eigenvalue weighted by Crippen LogP contribution is 2.45. The Morgan fingerprint density at radius 1 is 1.35 bits per heavy atom. The maximum atomic E-state index is 5.79. The molecule has 6 heteroatoms. The number of rotatable bonds is 6. The van der Waals surface area contributed by atoms with Crippen molar-refractivity contribution in [3.63, 3.8) is 0 Å². The molecule has 2 rings (SSSR count). The first-order valence-corrected chi connectivity index (χ1v) is 8.78. The second-order valence-electron chi connectivity index (χ2n) is 7.51. The summed E-state index contributed by atoms with van der Waals surface area (Å²) in [6.45, 7) is 9.35. The third kappa shape index (κ3) is 6.74. The number of ether oxygens (including phenoxy) is 1. The first-order valence-electron chi connectivity index (χ1n) is 8.78. The summed E-state index contributed by atoms with van der Waals surface area (Å²) in [6.07, 6.45) is 5.65. The summed E-state index contributed by atoms with van der Waals surface area (Å²) >= 11 is 0. The lowest BCUT2D eigenvalue weighted by Gasteiger charge is -2.43. The molecule has 0 aromatic carbocycles. The molecule has 0 amide bonds. The van der Waals surface area contributed by atoms with Crippen molar-refractivity contribution in [1.82, 2.24) is 15.5 Å². The van der Waals surface area contributed by atoms with E-state index in [1.54, 1.807) is 0 Å². The van der Waals surface area contributed by atoms with Gasteiger partial charge in [0.1, 0.15) is 0 Å². The maximum absolute atomic E-state index is 5.79. The minimum absolute atomic E-state index is 0. The molecule has 1 atom stereocenters. The fourth-order valence-corrected chi connectivity index (χ4v) is 3.69. The van der Waals surface area contributed by atoms with Crippen LogP contribution in [0.1, 0.15) is 39.5 Å². The van der Waals surface area contributed by atoms with Crippen molar-refractivity contribution in [2.75, 3.05) is 46.9 Å². The van der Waals surface area contributed by atoms with Crippen molar-refractivity contribution in [3.8, 4) is 0 Å². The molecule has 0 aromatic heterocycles. The van der Waals surface area contributed by atoms with Crippen molar-refractivity contribution < 1.29 is 4.74 Å². The lowest BCUT2D eigenvalue weighted by Crippen LogP contribution is -2.51. The Balaban J connectivity index is 0.00000264. The molecule has 23 heavy (non-hydrogen) atoms. The van der Waals surface area contributed by atoms with Gasteiger partial charge >= 0.3 is 0 Å². The molecule has 2 N–H and O–H groups in total. The molecule has 0 radical (unpaired) electrons. The summed E-state index contributed by atoms with van der Waals surface area (Å²) in [5, 5.41) is 6.96. The van der Waals surface area contributed by atoms with Crippen LogP contribution in [0.4, 0.5) is 0 Å². The summed E-state index contributed by atoms with van der Waals surface area (Å²) in [6, 6.07) is 0. The Bertz CT molecular complexity index is 372. The van der Waals surface area contributed by atoms with E-state index in [1.165, 1.54) is 25.7 Å². The molecule has 5 nitrogen and oxygen atoms in total. The van der Waals surface area contributed by atoms with E-state index in [0.717, 1.165) is 44.7 Å². The van der Waals surface area contributed by atoms with Gasteiger partial charge in [-0.25, -0.2) is 0 Å². The zero-order valence-electron chi connectivity index (χ0n) is 15.2. The van der Waals surface area contributed by atoms with Gasteiger partial charge in [0.15, 0.2) is 5.96 Å². The van der Waals surface area contributed by atoms with Crippen molar-refractivity contribution in [2.45, 2.75) is 45.6 Å². The van der Waals surface area contributed by atoms with Gasteiger partial charge in [-0.2, -0.15) is 0 Å². The highest BCUT2D eigenvalue weighted by molar-refractivity contribution is 14.0. The standard InChI is InChI=1S/C17H34N4O.HI/c1-14(2)10-17(6-5-7-17)13-20-16(18-3)19-11-15-12-21(4)8-9-22-15;/h14-15H,5-13H2,1-4H3,(H2,18,19,20);1H.